The van der Waals surface area contributed by atoms with Crippen molar-refractivity contribution in [1.29, 1.82) is 0 Å². The molecule has 0 fully saturated rings. The Morgan fingerprint density at radius 2 is 2.29 bits per heavy atom. The number of hydrogen-bond donors (Lipinski definition) is 0. The topological polar surface area (TPSA) is 9.23 Å². The Labute approximate surface area is 84.9 Å². The van der Waals surface area contributed by atoms with E-state index in [0.717, 1.165) is 12.8 Å². The summed E-state index contributed by atoms with van der Waals surface area (Å²) in [5.74, 6) is 0.909. The first-order valence-electron chi connectivity index (χ1n) is 4.98. The first-order chi connectivity index (χ1) is 6.68. The van der Waals surface area contributed by atoms with E-state index in [1.54, 1.807) is 0 Å². The fourth-order valence-electron chi connectivity index (χ4n) is 1.18. The molecule has 0 aliphatic rings. The highest BCUT2D eigenvalue weighted by Crippen LogP contribution is 2.12. The number of ether oxygens (including phenoxy) is 1. The predicted molar refractivity (Wildman–Crippen MR) is 54.8 cm³/mol. The molecule has 1 rings (SSSR count). The summed E-state index contributed by atoms with van der Waals surface area (Å²) in [7, 11) is 0. The third-order valence-corrected chi connectivity index (χ3v) is 1.92. The summed E-state index contributed by atoms with van der Waals surface area (Å²) >= 11 is 0. The van der Waals surface area contributed by atoms with Gasteiger partial charge in [-0.2, -0.15) is 0 Å². The zero-order chi connectivity index (χ0) is 10.4. The van der Waals surface area contributed by atoms with Gasteiger partial charge in [0, 0.05) is 12.1 Å². The summed E-state index contributed by atoms with van der Waals surface area (Å²) in [6, 6.07) is 7.09. The molecule has 0 heterocycles. The van der Waals surface area contributed by atoms with E-state index < -0.39 is 0 Å². The maximum absolute atomic E-state index is 12.7. The molecule has 0 aliphatic carbocycles. The van der Waals surface area contributed by atoms with Crippen LogP contribution in [0.2, 0.25) is 0 Å². The Kier molecular flexibility index (Phi) is 4.44. The van der Waals surface area contributed by atoms with Crippen LogP contribution in [-0.4, -0.2) is 6.61 Å². The Morgan fingerprint density at radius 1 is 1.50 bits per heavy atom. The molecule has 1 aromatic rings. The van der Waals surface area contributed by atoms with Crippen molar-refractivity contribution in [2.24, 2.45) is 5.92 Å². The average Bonchev–Trinajstić information content (AvgIpc) is 2.12. The minimum atomic E-state index is -0.275. The molecule has 0 unspecified atom stereocenters. The molecule has 0 bridgehead atoms. The lowest BCUT2D eigenvalue weighted by Crippen LogP contribution is -1.99. The van der Waals surface area contributed by atoms with Gasteiger partial charge in [0.25, 0.3) is 0 Å². The average molecular weight is 195 g/mol. The predicted octanol–water partition coefficient (Wildman–Crippen LogP) is 3.44. The summed E-state index contributed by atoms with van der Waals surface area (Å²) < 4.78 is 18.0. The Hall–Kier alpha value is -1.05. The molecule has 1 nitrogen and oxygen atoms in total. The lowest BCUT2D eigenvalue weighted by Gasteiger charge is -2.06. The van der Waals surface area contributed by atoms with Crippen LogP contribution < -0.4 is 4.74 Å². The van der Waals surface area contributed by atoms with Gasteiger partial charge in [0.1, 0.15) is 11.6 Å². The van der Waals surface area contributed by atoms with Crippen LogP contribution in [0, 0.1) is 17.8 Å². The maximum atomic E-state index is 12.7. The van der Waals surface area contributed by atoms with E-state index in [2.05, 4.69) is 19.9 Å². The number of benzene rings is 1. The van der Waals surface area contributed by atoms with E-state index >= 15 is 0 Å². The van der Waals surface area contributed by atoms with Crippen molar-refractivity contribution >= 4 is 0 Å². The smallest absolute Gasteiger partial charge is 0.130 e. The number of rotatable bonds is 5. The molecule has 0 spiro atoms. The summed E-state index contributed by atoms with van der Waals surface area (Å²) in [6.45, 7) is 4.99. The van der Waals surface area contributed by atoms with Crippen LogP contribution >= 0.6 is 0 Å². The fraction of sp³-hybridized carbons (Fsp3) is 0.500. The van der Waals surface area contributed by atoms with Crippen LogP contribution in [0.1, 0.15) is 26.7 Å². The van der Waals surface area contributed by atoms with Crippen LogP contribution in [0.3, 0.4) is 0 Å². The van der Waals surface area contributed by atoms with Crippen molar-refractivity contribution in [3.8, 4) is 5.75 Å². The minimum Gasteiger partial charge on any atom is -0.493 e. The molecule has 0 saturated heterocycles. The standard InChI is InChI=1S/C12H16FO/c1-10(2)5-4-8-14-12-7-3-6-11(13)9-12/h3,6,9-10H,4-5,8H2,1-2H3. The highest BCUT2D eigenvalue weighted by atomic mass is 19.1. The first kappa shape index (κ1) is 11.0. The molecule has 0 N–H and O–H groups in total. The summed E-state index contributed by atoms with van der Waals surface area (Å²) in [5.41, 5.74) is 0. The number of hydrogen-bond acceptors (Lipinski definition) is 1. The van der Waals surface area contributed by atoms with Crippen LogP contribution in [0.15, 0.2) is 18.2 Å². The fourth-order valence-corrected chi connectivity index (χ4v) is 1.18. The van der Waals surface area contributed by atoms with Crippen molar-refractivity contribution in [1.82, 2.24) is 0 Å². The third-order valence-electron chi connectivity index (χ3n) is 1.92. The maximum Gasteiger partial charge on any atom is 0.130 e. The first-order valence-corrected chi connectivity index (χ1v) is 4.98. The molecule has 2 heteroatoms. The molecule has 1 radical (unpaired) electrons. The molecule has 0 aliphatic heterocycles. The van der Waals surface area contributed by atoms with Gasteiger partial charge in [0.05, 0.1) is 6.61 Å². The van der Waals surface area contributed by atoms with E-state index in [-0.39, 0.29) is 5.82 Å². The Bertz CT molecular complexity index is 271. The van der Waals surface area contributed by atoms with Gasteiger partial charge >= 0.3 is 0 Å². The summed E-state index contributed by atoms with van der Waals surface area (Å²) in [6.07, 6.45) is 2.14. The molecular weight excluding hydrogens is 179 g/mol. The van der Waals surface area contributed by atoms with Crippen LogP contribution in [0.4, 0.5) is 4.39 Å². The van der Waals surface area contributed by atoms with Gasteiger partial charge in [0.2, 0.25) is 0 Å². The van der Waals surface area contributed by atoms with Gasteiger partial charge in [-0.15, -0.1) is 0 Å². The highest BCUT2D eigenvalue weighted by molar-refractivity contribution is 5.20. The van der Waals surface area contributed by atoms with Gasteiger partial charge in [-0.1, -0.05) is 13.8 Å². The van der Waals surface area contributed by atoms with Gasteiger partial charge in [-0.3, -0.25) is 0 Å². The van der Waals surface area contributed by atoms with Gasteiger partial charge in [-0.05, 0) is 30.9 Å². The second-order valence-electron chi connectivity index (χ2n) is 3.76. The molecule has 0 aromatic heterocycles. The zero-order valence-corrected chi connectivity index (χ0v) is 8.72. The minimum absolute atomic E-state index is 0.275. The third kappa shape index (κ3) is 4.26. The lowest BCUT2D eigenvalue weighted by atomic mass is 10.1. The van der Waals surface area contributed by atoms with Gasteiger partial charge < -0.3 is 4.74 Å². The summed E-state index contributed by atoms with van der Waals surface area (Å²) in [4.78, 5) is 0. The summed E-state index contributed by atoms with van der Waals surface area (Å²) in [5, 5.41) is 0. The van der Waals surface area contributed by atoms with Crippen molar-refractivity contribution in [2.75, 3.05) is 6.61 Å². The monoisotopic (exact) mass is 195 g/mol. The molecule has 0 amide bonds. The largest absolute Gasteiger partial charge is 0.493 e. The SMILES string of the molecule is CC(C)CCCOc1[c]ccc(F)c1. The second-order valence-corrected chi connectivity index (χ2v) is 3.76. The van der Waals surface area contributed by atoms with E-state index in [1.165, 1.54) is 18.2 Å². The van der Waals surface area contributed by atoms with E-state index in [0.29, 0.717) is 18.3 Å². The van der Waals surface area contributed by atoms with E-state index in [9.17, 15) is 4.39 Å². The molecule has 1 aromatic carbocycles. The number of halogens is 1. The molecular formula is C12H16FO. The van der Waals surface area contributed by atoms with Crippen molar-refractivity contribution < 1.29 is 9.13 Å². The lowest BCUT2D eigenvalue weighted by molar-refractivity contribution is 0.296. The van der Waals surface area contributed by atoms with Crippen LogP contribution in [0.5, 0.6) is 5.75 Å². The quantitative estimate of drug-likeness (QED) is 0.654. The molecule has 14 heavy (non-hydrogen) atoms. The van der Waals surface area contributed by atoms with E-state index in [4.69, 9.17) is 4.74 Å². The van der Waals surface area contributed by atoms with Crippen molar-refractivity contribution in [3.05, 3.63) is 30.1 Å². The van der Waals surface area contributed by atoms with Crippen molar-refractivity contribution in [3.63, 3.8) is 0 Å². The highest BCUT2D eigenvalue weighted by Gasteiger charge is 1.97. The second kappa shape index (κ2) is 5.63. The van der Waals surface area contributed by atoms with Crippen molar-refractivity contribution in [2.45, 2.75) is 26.7 Å². The molecule has 0 saturated carbocycles. The Balaban J connectivity index is 2.25. The molecule has 77 valence electrons. The van der Waals surface area contributed by atoms with Crippen LogP contribution in [-0.2, 0) is 0 Å². The zero-order valence-electron chi connectivity index (χ0n) is 8.72. The Morgan fingerprint density at radius 3 is 2.93 bits per heavy atom. The van der Waals surface area contributed by atoms with Crippen LogP contribution in [0.25, 0.3) is 0 Å². The van der Waals surface area contributed by atoms with Gasteiger partial charge in [-0.25, -0.2) is 4.39 Å². The molecule has 0 atom stereocenters. The van der Waals surface area contributed by atoms with Gasteiger partial charge in [0.15, 0.2) is 0 Å². The van der Waals surface area contributed by atoms with E-state index in [1.807, 2.05) is 0 Å². The normalized spacial score (nSPS) is 10.6.